The molecule has 0 aliphatic heterocycles. The molecule has 3 N–H and O–H groups in total. The molecule has 0 heterocycles. The van der Waals surface area contributed by atoms with E-state index in [9.17, 15) is 4.79 Å². The fourth-order valence-electron chi connectivity index (χ4n) is 3.98. The average Bonchev–Trinajstić information content (AvgIpc) is 3.46. The second-order valence-electron chi connectivity index (χ2n) is 8.04. The molecule has 0 unspecified atom stereocenters. The highest BCUT2D eigenvalue weighted by atomic mass is 35.5. The van der Waals surface area contributed by atoms with E-state index in [1.807, 2.05) is 48.5 Å². The predicted molar refractivity (Wildman–Crippen MR) is 121 cm³/mol. The van der Waals surface area contributed by atoms with Gasteiger partial charge in [-0.3, -0.25) is 5.32 Å². The standard InChI is InChI=1S/C25H25ClN2O2/c1-25(14-23(25)19-9-5-8-18(10-19)15-27)20-11-21(26)13-22(12-20)28-24(29)30-16-17-6-3-2-4-7-17/h2-13,23H,14-16,27H2,1H3,(H,28,29)/t23-,25-/m0/s1. The number of carbonyl (C=O) groups is 1. The number of benzene rings is 3. The van der Waals surface area contributed by atoms with Gasteiger partial charge in [0.25, 0.3) is 0 Å². The Balaban J connectivity index is 1.46. The van der Waals surface area contributed by atoms with Crippen LogP contribution in [0, 0.1) is 0 Å². The minimum Gasteiger partial charge on any atom is -0.444 e. The minimum atomic E-state index is -0.500. The summed E-state index contributed by atoms with van der Waals surface area (Å²) in [6, 6.07) is 23.7. The van der Waals surface area contributed by atoms with Crippen molar-refractivity contribution in [1.82, 2.24) is 0 Å². The van der Waals surface area contributed by atoms with Crippen LogP contribution < -0.4 is 11.1 Å². The molecule has 2 atom stereocenters. The Morgan fingerprint density at radius 2 is 1.87 bits per heavy atom. The second kappa shape index (κ2) is 8.50. The van der Waals surface area contributed by atoms with Gasteiger partial charge in [0.2, 0.25) is 0 Å². The maximum atomic E-state index is 12.2. The molecule has 1 amide bonds. The number of hydrogen-bond donors (Lipinski definition) is 2. The van der Waals surface area contributed by atoms with Crippen LogP contribution in [0.1, 0.15) is 41.5 Å². The Morgan fingerprint density at radius 1 is 1.10 bits per heavy atom. The zero-order chi connectivity index (χ0) is 21.1. The molecule has 0 aromatic heterocycles. The summed E-state index contributed by atoms with van der Waals surface area (Å²) in [5.41, 5.74) is 10.9. The zero-order valence-corrected chi connectivity index (χ0v) is 17.7. The van der Waals surface area contributed by atoms with Crippen molar-refractivity contribution in [3.8, 4) is 0 Å². The normalized spacial score (nSPS) is 19.9. The number of amides is 1. The van der Waals surface area contributed by atoms with Crippen molar-refractivity contribution < 1.29 is 9.53 Å². The monoisotopic (exact) mass is 420 g/mol. The van der Waals surface area contributed by atoms with E-state index in [1.54, 1.807) is 6.07 Å². The fourth-order valence-corrected chi connectivity index (χ4v) is 4.21. The molecule has 5 heteroatoms. The molecule has 0 bridgehead atoms. The number of halogens is 1. The lowest BCUT2D eigenvalue weighted by atomic mass is 9.92. The molecular formula is C25H25ClN2O2. The van der Waals surface area contributed by atoms with Crippen LogP contribution >= 0.6 is 11.6 Å². The van der Waals surface area contributed by atoms with E-state index < -0.39 is 6.09 Å². The van der Waals surface area contributed by atoms with Crippen LogP contribution in [0.2, 0.25) is 5.02 Å². The van der Waals surface area contributed by atoms with Gasteiger partial charge >= 0.3 is 6.09 Å². The third-order valence-corrected chi connectivity index (χ3v) is 6.06. The highest BCUT2D eigenvalue weighted by Crippen LogP contribution is 2.60. The second-order valence-corrected chi connectivity index (χ2v) is 8.48. The van der Waals surface area contributed by atoms with Crippen LogP contribution in [0.25, 0.3) is 0 Å². The average molecular weight is 421 g/mol. The Labute approximate surface area is 182 Å². The van der Waals surface area contributed by atoms with Gasteiger partial charge in [0, 0.05) is 22.7 Å². The SMILES string of the molecule is C[C@@]1(c2cc(Cl)cc(NC(=O)OCc3ccccc3)c2)C[C@H]1c1cccc(CN)c1. The van der Waals surface area contributed by atoms with E-state index in [4.69, 9.17) is 22.1 Å². The first kappa shape index (κ1) is 20.5. The smallest absolute Gasteiger partial charge is 0.411 e. The molecule has 0 spiro atoms. The van der Waals surface area contributed by atoms with Crippen molar-refractivity contribution in [1.29, 1.82) is 0 Å². The quantitative estimate of drug-likeness (QED) is 0.514. The van der Waals surface area contributed by atoms with E-state index in [0.29, 0.717) is 23.2 Å². The van der Waals surface area contributed by atoms with Gasteiger partial charge in [-0.2, -0.15) is 0 Å². The van der Waals surface area contributed by atoms with Crippen LogP contribution in [-0.4, -0.2) is 6.09 Å². The lowest BCUT2D eigenvalue weighted by molar-refractivity contribution is 0.155. The molecule has 1 saturated carbocycles. The van der Waals surface area contributed by atoms with Crippen LogP contribution in [-0.2, 0) is 23.3 Å². The molecule has 3 aromatic carbocycles. The highest BCUT2D eigenvalue weighted by Gasteiger charge is 2.52. The number of rotatable bonds is 6. The summed E-state index contributed by atoms with van der Waals surface area (Å²) in [6.07, 6.45) is 0.527. The lowest BCUT2D eigenvalue weighted by Crippen LogP contribution is -2.14. The molecule has 4 rings (SSSR count). The first-order chi connectivity index (χ1) is 14.5. The molecule has 154 valence electrons. The van der Waals surface area contributed by atoms with Crippen LogP contribution in [0.3, 0.4) is 0 Å². The van der Waals surface area contributed by atoms with Crippen molar-refractivity contribution in [2.45, 2.75) is 37.8 Å². The summed E-state index contributed by atoms with van der Waals surface area (Å²) >= 11 is 6.37. The molecule has 30 heavy (non-hydrogen) atoms. The lowest BCUT2D eigenvalue weighted by Gasteiger charge is -2.16. The highest BCUT2D eigenvalue weighted by molar-refractivity contribution is 6.31. The summed E-state index contributed by atoms with van der Waals surface area (Å²) in [5, 5.41) is 3.40. The Hall–Kier alpha value is -2.82. The summed E-state index contributed by atoms with van der Waals surface area (Å²) in [7, 11) is 0. The number of anilines is 1. The molecule has 0 radical (unpaired) electrons. The van der Waals surface area contributed by atoms with Gasteiger partial charge in [-0.1, -0.05) is 73.1 Å². The van der Waals surface area contributed by atoms with Gasteiger partial charge in [-0.05, 0) is 52.8 Å². The van der Waals surface area contributed by atoms with Crippen molar-refractivity contribution in [3.05, 3.63) is 100 Å². The topological polar surface area (TPSA) is 64.3 Å². The van der Waals surface area contributed by atoms with Crippen molar-refractivity contribution in [3.63, 3.8) is 0 Å². The first-order valence-electron chi connectivity index (χ1n) is 10.1. The molecular weight excluding hydrogens is 396 g/mol. The number of nitrogens with two attached hydrogens (primary N) is 1. The predicted octanol–water partition coefficient (Wildman–Crippen LogP) is 5.99. The summed E-state index contributed by atoms with van der Waals surface area (Å²) in [5.74, 6) is 0.403. The third kappa shape index (κ3) is 4.50. The molecule has 1 aliphatic carbocycles. The van der Waals surface area contributed by atoms with Gasteiger partial charge in [0.1, 0.15) is 6.61 Å². The maximum absolute atomic E-state index is 12.2. The zero-order valence-electron chi connectivity index (χ0n) is 16.9. The minimum absolute atomic E-state index is 0.0253. The van der Waals surface area contributed by atoms with Crippen LogP contribution in [0.5, 0.6) is 0 Å². The van der Waals surface area contributed by atoms with Crippen molar-refractivity contribution in [2.24, 2.45) is 5.73 Å². The van der Waals surface area contributed by atoms with Gasteiger partial charge in [0.15, 0.2) is 0 Å². The Kier molecular flexibility index (Phi) is 5.80. The molecule has 1 aliphatic rings. The van der Waals surface area contributed by atoms with Gasteiger partial charge < -0.3 is 10.5 Å². The molecule has 1 fully saturated rings. The van der Waals surface area contributed by atoms with Gasteiger partial charge in [0.05, 0.1) is 0 Å². The van der Waals surface area contributed by atoms with E-state index >= 15 is 0 Å². The van der Waals surface area contributed by atoms with Crippen molar-refractivity contribution >= 4 is 23.4 Å². The van der Waals surface area contributed by atoms with E-state index in [1.165, 1.54) is 5.56 Å². The molecule has 0 saturated heterocycles. The first-order valence-corrected chi connectivity index (χ1v) is 10.4. The van der Waals surface area contributed by atoms with Gasteiger partial charge in [-0.25, -0.2) is 4.79 Å². The third-order valence-electron chi connectivity index (χ3n) is 5.84. The Morgan fingerprint density at radius 3 is 2.63 bits per heavy atom. The summed E-state index contributed by atoms with van der Waals surface area (Å²) in [4.78, 5) is 12.2. The van der Waals surface area contributed by atoms with Crippen LogP contribution in [0.15, 0.2) is 72.8 Å². The number of hydrogen-bond acceptors (Lipinski definition) is 3. The summed E-state index contributed by atoms with van der Waals surface area (Å²) < 4.78 is 5.32. The molecule has 3 aromatic rings. The maximum Gasteiger partial charge on any atom is 0.411 e. The van der Waals surface area contributed by atoms with E-state index in [2.05, 4.69) is 30.4 Å². The number of ether oxygens (including phenoxy) is 1. The summed E-state index contributed by atoms with van der Waals surface area (Å²) in [6.45, 7) is 2.99. The fraction of sp³-hybridized carbons (Fsp3) is 0.240. The largest absolute Gasteiger partial charge is 0.444 e. The van der Waals surface area contributed by atoms with E-state index in [0.717, 1.165) is 23.1 Å². The Bertz CT molecular complexity index is 1050. The number of carbonyl (C=O) groups excluding carboxylic acids is 1. The van der Waals surface area contributed by atoms with Gasteiger partial charge in [-0.15, -0.1) is 0 Å². The van der Waals surface area contributed by atoms with Crippen LogP contribution in [0.4, 0.5) is 10.5 Å². The number of nitrogens with one attached hydrogen (secondary N) is 1. The van der Waals surface area contributed by atoms with E-state index in [-0.39, 0.29) is 12.0 Å². The molecule has 4 nitrogen and oxygen atoms in total. The van der Waals surface area contributed by atoms with Crippen molar-refractivity contribution in [2.75, 3.05) is 5.32 Å².